The number of nitrogens with zero attached hydrogens (tertiary/aromatic N) is 1. The normalized spacial score (nSPS) is 14.5. The standard InChI is InChI=1S/C31H33N3O8S/c1-31(2,3)42-30(38)34(4)25-17-23(41-22-12-10-20(39-5)11-13-22)14-15-24(25)32-27(35)18-40-21-8-6-19(7-9-21)16-26-28(36)33-29(37)43-26/h6-15,17,26H,16,18H2,1-5H3,(H,32,35)(H,33,36,37). The number of thioether (sulfide) groups is 1. The number of hydrogen-bond acceptors (Lipinski definition) is 9. The van der Waals surface area contributed by atoms with Gasteiger partial charge in [0, 0.05) is 13.1 Å². The molecule has 0 radical (unpaired) electrons. The van der Waals surface area contributed by atoms with E-state index in [0.717, 1.165) is 17.3 Å². The van der Waals surface area contributed by atoms with Crippen molar-refractivity contribution in [3.05, 3.63) is 72.3 Å². The lowest BCUT2D eigenvalue weighted by Gasteiger charge is -2.26. The van der Waals surface area contributed by atoms with Gasteiger partial charge in [0.25, 0.3) is 11.1 Å². The Hall–Kier alpha value is -4.71. The molecule has 1 atom stereocenters. The SMILES string of the molecule is COc1ccc(Oc2ccc(NC(=O)COc3ccc(CC4SC(=O)NC4=O)cc3)c(N(C)C(=O)OC(C)(C)C)c2)cc1. The van der Waals surface area contributed by atoms with Gasteiger partial charge < -0.3 is 24.3 Å². The molecule has 1 heterocycles. The molecule has 4 rings (SSSR count). The molecule has 1 fully saturated rings. The number of carbonyl (C=O) groups is 4. The lowest BCUT2D eigenvalue weighted by atomic mass is 10.1. The first-order valence-electron chi connectivity index (χ1n) is 13.4. The van der Waals surface area contributed by atoms with Crippen LogP contribution in [0, 0.1) is 0 Å². The van der Waals surface area contributed by atoms with Crippen LogP contribution in [0.1, 0.15) is 26.3 Å². The molecule has 0 aromatic heterocycles. The topological polar surface area (TPSA) is 132 Å². The number of imide groups is 1. The van der Waals surface area contributed by atoms with Crippen molar-refractivity contribution < 1.29 is 38.1 Å². The van der Waals surface area contributed by atoms with Crippen LogP contribution < -0.4 is 29.7 Å². The summed E-state index contributed by atoms with van der Waals surface area (Å²) in [6.45, 7) is 4.99. The molecule has 0 bridgehead atoms. The highest BCUT2D eigenvalue weighted by Gasteiger charge is 2.31. The molecule has 12 heteroatoms. The lowest BCUT2D eigenvalue weighted by Crippen LogP contribution is -2.34. The molecule has 4 amide bonds. The number of benzene rings is 3. The van der Waals surface area contributed by atoms with Crippen LogP contribution in [0.15, 0.2) is 66.7 Å². The fourth-order valence-electron chi connectivity index (χ4n) is 3.97. The van der Waals surface area contributed by atoms with Gasteiger partial charge in [0.15, 0.2) is 6.61 Å². The maximum atomic E-state index is 12.9. The molecule has 1 unspecified atom stereocenters. The molecular formula is C31H33N3O8S. The molecule has 11 nitrogen and oxygen atoms in total. The minimum Gasteiger partial charge on any atom is -0.497 e. The second-order valence-corrected chi connectivity index (χ2v) is 11.7. The van der Waals surface area contributed by atoms with Crippen LogP contribution in [0.2, 0.25) is 0 Å². The summed E-state index contributed by atoms with van der Waals surface area (Å²) in [5, 5.41) is 4.25. The van der Waals surface area contributed by atoms with Crippen LogP contribution >= 0.6 is 11.8 Å². The van der Waals surface area contributed by atoms with Crippen LogP contribution in [0.4, 0.5) is 21.0 Å². The van der Waals surface area contributed by atoms with E-state index in [1.54, 1.807) is 94.6 Å². The van der Waals surface area contributed by atoms with E-state index in [2.05, 4.69) is 10.6 Å². The van der Waals surface area contributed by atoms with E-state index in [9.17, 15) is 19.2 Å². The van der Waals surface area contributed by atoms with E-state index in [4.69, 9.17) is 18.9 Å². The van der Waals surface area contributed by atoms with Gasteiger partial charge in [-0.15, -0.1) is 0 Å². The molecule has 1 aliphatic heterocycles. The van der Waals surface area contributed by atoms with Crippen molar-refractivity contribution in [1.29, 1.82) is 0 Å². The maximum Gasteiger partial charge on any atom is 0.414 e. The van der Waals surface area contributed by atoms with Gasteiger partial charge in [-0.05, 0) is 81.3 Å². The molecule has 1 aliphatic rings. The van der Waals surface area contributed by atoms with Crippen LogP contribution in [0.5, 0.6) is 23.0 Å². The van der Waals surface area contributed by atoms with Crippen molar-refractivity contribution in [3.63, 3.8) is 0 Å². The summed E-state index contributed by atoms with van der Waals surface area (Å²) in [4.78, 5) is 50.2. The average molecular weight is 608 g/mol. The highest BCUT2D eigenvalue weighted by atomic mass is 32.2. The second-order valence-electron chi connectivity index (χ2n) is 10.6. The first-order chi connectivity index (χ1) is 20.4. The number of methoxy groups -OCH3 is 1. The van der Waals surface area contributed by atoms with Gasteiger partial charge >= 0.3 is 6.09 Å². The van der Waals surface area contributed by atoms with E-state index in [-0.39, 0.29) is 17.8 Å². The van der Waals surface area contributed by atoms with Gasteiger partial charge in [-0.3, -0.25) is 24.6 Å². The van der Waals surface area contributed by atoms with Crippen molar-refractivity contribution in [3.8, 4) is 23.0 Å². The summed E-state index contributed by atoms with van der Waals surface area (Å²) < 4.78 is 22.3. The highest BCUT2D eigenvalue weighted by molar-refractivity contribution is 8.15. The van der Waals surface area contributed by atoms with E-state index >= 15 is 0 Å². The van der Waals surface area contributed by atoms with Gasteiger partial charge in [-0.1, -0.05) is 23.9 Å². The van der Waals surface area contributed by atoms with E-state index in [0.29, 0.717) is 40.8 Å². The smallest absolute Gasteiger partial charge is 0.414 e. The Morgan fingerprint density at radius 3 is 2.16 bits per heavy atom. The molecule has 226 valence electrons. The number of hydrogen-bond donors (Lipinski definition) is 2. The molecular weight excluding hydrogens is 574 g/mol. The van der Waals surface area contributed by atoms with Gasteiger partial charge in [-0.2, -0.15) is 0 Å². The van der Waals surface area contributed by atoms with Crippen molar-refractivity contribution in [2.45, 2.75) is 38.0 Å². The third-order valence-corrected chi connectivity index (χ3v) is 7.03. The number of ether oxygens (including phenoxy) is 4. The van der Waals surface area contributed by atoms with E-state index in [1.165, 1.54) is 11.9 Å². The zero-order chi connectivity index (χ0) is 31.1. The van der Waals surface area contributed by atoms with Crippen LogP contribution in [0.3, 0.4) is 0 Å². The van der Waals surface area contributed by atoms with Gasteiger partial charge in [0.05, 0.1) is 23.7 Å². The van der Waals surface area contributed by atoms with Gasteiger partial charge in [0.2, 0.25) is 5.91 Å². The van der Waals surface area contributed by atoms with Crippen LogP contribution in [-0.2, 0) is 20.7 Å². The summed E-state index contributed by atoms with van der Waals surface area (Å²) in [5.74, 6) is 1.37. The minimum absolute atomic E-state index is 0.297. The molecule has 3 aromatic carbocycles. The second kappa shape index (κ2) is 13.5. The minimum atomic E-state index is -0.727. The lowest BCUT2D eigenvalue weighted by molar-refractivity contribution is -0.119. The predicted octanol–water partition coefficient (Wildman–Crippen LogP) is 5.77. The number of amides is 4. The third kappa shape index (κ3) is 8.89. The molecule has 0 spiro atoms. The Kier molecular flexibility index (Phi) is 9.81. The van der Waals surface area contributed by atoms with Crippen LogP contribution in [-0.4, -0.2) is 54.8 Å². The maximum absolute atomic E-state index is 12.9. The molecule has 43 heavy (non-hydrogen) atoms. The number of nitrogens with one attached hydrogen (secondary N) is 2. The average Bonchev–Trinajstić information content (AvgIpc) is 3.28. The summed E-state index contributed by atoms with van der Waals surface area (Å²) in [6.07, 6.45) is -0.214. The summed E-state index contributed by atoms with van der Waals surface area (Å²) in [6, 6.07) is 18.9. The predicted molar refractivity (Wildman–Crippen MR) is 163 cm³/mol. The van der Waals surface area contributed by atoms with Gasteiger partial charge in [-0.25, -0.2) is 4.79 Å². The quantitative estimate of drug-likeness (QED) is 0.295. The van der Waals surface area contributed by atoms with Crippen molar-refractivity contribution in [1.82, 2.24) is 5.32 Å². The monoisotopic (exact) mass is 607 g/mol. The van der Waals surface area contributed by atoms with E-state index in [1.807, 2.05) is 0 Å². The summed E-state index contributed by atoms with van der Waals surface area (Å²) >= 11 is 0.969. The first-order valence-corrected chi connectivity index (χ1v) is 14.2. The van der Waals surface area contributed by atoms with E-state index < -0.39 is 22.9 Å². The third-order valence-electron chi connectivity index (χ3n) is 6.05. The molecule has 2 N–H and O–H groups in total. The Bertz CT molecular complexity index is 1490. The molecule has 0 saturated carbocycles. The highest BCUT2D eigenvalue weighted by Crippen LogP contribution is 2.34. The summed E-state index contributed by atoms with van der Waals surface area (Å²) in [7, 11) is 3.12. The Morgan fingerprint density at radius 2 is 1.56 bits per heavy atom. The molecule has 3 aromatic rings. The van der Waals surface area contributed by atoms with Gasteiger partial charge in [0.1, 0.15) is 28.6 Å². The number of rotatable bonds is 10. The van der Waals surface area contributed by atoms with Crippen molar-refractivity contribution in [2.24, 2.45) is 0 Å². The molecule has 1 saturated heterocycles. The first kappa shape index (κ1) is 31.2. The Morgan fingerprint density at radius 1 is 0.930 bits per heavy atom. The van der Waals surface area contributed by atoms with Crippen molar-refractivity contribution >= 4 is 46.3 Å². The number of carbonyl (C=O) groups excluding carboxylic acids is 4. The fourth-order valence-corrected chi connectivity index (χ4v) is 4.83. The van der Waals surface area contributed by atoms with Crippen molar-refractivity contribution in [2.75, 3.05) is 31.0 Å². The fraction of sp³-hybridized carbons (Fsp3) is 0.290. The zero-order valence-electron chi connectivity index (χ0n) is 24.5. The largest absolute Gasteiger partial charge is 0.497 e. The molecule has 0 aliphatic carbocycles. The zero-order valence-corrected chi connectivity index (χ0v) is 25.3. The Balaban J connectivity index is 1.43. The number of anilines is 2. The Labute approximate surface area is 253 Å². The summed E-state index contributed by atoms with van der Waals surface area (Å²) in [5.41, 5.74) is 0.826. The van der Waals surface area contributed by atoms with Crippen LogP contribution in [0.25, 0.3) is 0 Å².